The number of methoxy groups -OCH3 is 1. The van der Waals surface area contributed by atoms with Crippen LogP contribution >= 0.6 is 11.3 Å². The zero-order valence-electron chi connectivity index (χ0n) is 14.3. The minimum absolute atomic E-state index is 0.0811. The summed E-state index contributed by atoms with van der Waals surface area (Å²) in [7, 11) is 3.20. The van der Waals surface area contributed by atoms with Gasteiger partial charge in [0, 0.05) is 12.4 Å². The van der Waals surface area contributed by atoms with Gasteiger partial charge < -0.3 is 10.1 Å². The highest BCUT2D eigenvalue weighted by Gasteiger charge is 2.21. The summed E-state index contributed by atoms with van der Waals surface area (Å²) in [5.41, 5.74) is 1.75. The van der Waals surface area contributed by atoms with Gasteiger partial charge in [-0.15, -0.1) is 11.3 Å². The van der Waals surface area contributed by atoms with Crippen molar-refractivity contribution in [3.8, 4) is 0 Å². The quantitative estimate of drug-likeness (QED) is 0.713. The summed E-state index contributed by atoms with van der Waals surface area (Å²) in [6.45, 7) is 1.92. The molecule has 0 saturated heterocycles. The average molecular weight is 357 g/mol. The minimum atomic E-state index is -0.439. The molecule has 1 amide bonds. The van der Waals surface area contributed by atoms with Gasteiger partial charge in [-0.3, -0.25) is 14.3 Å². The van der Waals surface area contributed by atoms with Crippen LogP contribution in [0.3, 0.4) is 0 Å². The Kier molecular flexibility index (Phi) is 4.85. The second-order valence-electron chi connectivity index (χ2n) is 5.76. The first-order chi connectivity index (χ1) is 12.0. The normalized spacial score (nSPS) is 12.1. The van der Waals surface area contributed by atoms with Gasteiger partial charge in [0.1, 0.15) is 4.83 Å². The van der Waals surface area contributed by atoms with E-state index < -0.39 is 6.04 Å². The molecule has 3 rings (SSSR count). The van der Waals surface area contributed by atoms with Gasteiger partial charge in [-0.05, 0) is 18.6 Å². The number of fused-ring (bicyclic) bond motifs is 1. The number of ether oxygens (including phenoxy) is 1. The number of nitrogens with zero attached hydrogens (tertiary/aromatic N) is 2. The molecule has 0 fully saturated rings. The average Bonchev–Trinajstić information content (AvgIpc) is 3.17. The predicted molar refractivity (Wildman–Crippen MR) is 96.6 cm³/mol. The van der Waals surface area contributed by atoms with Crippen LogP contribution in [0.15, 0.2) is 36.4 Å². The number of esters is 1. The molecule has 0 radical (unpaired) electrons. The van der Waals surface area contributed by atoms with Gasteiger partial charge in [-0.1, -0.05) is 30.3 Å². The van der Waals surface area contributed by atoms with Crippen LogP contribution in [0.2, 0.25) is 0 Å². The summed E-state index contributed by atoms with van der Waals surface area (Å²) < 4.78 is 6.53. The van der Waals surface area contributed by atoms with E-state index in [2.05, 4.69) is 10.4 Å². The van der Waals surface area contributed by atoms with Crippen LogP contribution in [0.1, 0.15) is 33.4 Å². The fourth-order valence-electron chi connectivity index (χ4n) is 2.73. The van der Waals surface area contributed by atoms with Gasteiger partial charge in [-0.25, -0.2) is 0 Å². The van der Waals surface area contributed by atoms with Crippen molar-refractivity contribution >= 4 is 33.4 Å². The van der Waals surface area contributed by atoms with E-state index in [9.17, 15) is 9.59 Å². The molecule has 130 valence electrons. The van der Waals surface area contributed by atoms with E-state index in [1.54, 1.807) is 4.68 Å². The summed E-state index contributed by atoms with van der Waals surface area (Å²) in [6.07, 6.45) is 0.0811. The second kappa shape index (κ2) is 7.06. The van der Waals surface area contributed by atoms with Crippen molar-refractivity contribution in [3.63, 3.8) is 0 Å². The SMILES string of the molecule is COC(=O)C[C@@H](NC(=O)c1cc2c(C)nn(C)c2s1)c1ccccc1. The summed E-state index contributed by atoms with van der Waals surface area (Å²) in [6, 6.07) is 10.8. The number of amides is 1. The van der Waals surface area contributed by atoms with Crippen LogP contribution in [-0.4, -0.2) is 28.8 Å². The number of hydrogen-bond acceptors (Lipinski definition) is 5. The zero-order chi connectivity index (χ0) is 18.0. The Bertz CT molecular complexity index is 880. The molecule has 6 nitrogen and oxygen atoms in total. The van der Waals surface area contributed by atoms with Crippen LogP contribution < -0.4 is 5.32 Å². The number of nitrogens with one attached hydrogen (secondary N) is 1. The smallest absolute Gasteiger partial charge is 0.307 e. The first kappa shape index (κ1) is 17.2. The minimum Gasteiger partial charge on any atom is -0.469 e. The van der Waals surface area contributed by atoms with Gasteiger partial charge in [0.2, 0.25) is 0 Å². The summed E-state index contributed by atoms with van der Waals surface area (Å²) >= 11 is 1.39. The number of carbonyl (C=O) groups is 2. The van der Waals surface area contributed by atoms with Crippen molar-refractivity contribution in [2.75, 3.05) is 7.11 Å². The lowest BCUT2D eigenvalue weighted by Gasteiger charge is -2.17. The van der Waals surface area contributed by atoms with Crippen molar-refractivity contribution in [2.45, 2.75) is 19.4 Å². The molecule has 0 aliphatic rings. The molecule has 2 aromatic heterocycles. The topological polar surface area (TPSA) is 73.2 Å². The van der Waals surface area contributed by atoms with E-state index in [0.29, 0.717) is 4.88 Å². The zero-order valence-corrected chi connectivity index (χ0v) is 15.1. The first-order valence-corrected chi connectivity index (χ1v) is 8.67. The van der Waals surface area contributed by atoms with E-state index in [1.807, 2.05) is 50.4 Å². The highest BCUT2D eigenvalue weighted by Crippen LogP contribution is 2.28. The number of hydrogen-bond donors (Lipinski definition) is 1. The Morgan fingerprint density at radius 1 is 1.32 bits per heavy atom. The van der Waals surface area contributed by atoms with Crippen molar-refractivity contribution < 1.29 is 14.3 Å². The molecule has 1 atom stereocenters. The lowest BCUT2D eigenvalue weighted by Crippen LogP contribution is -2.30. The van der Waals surface area contributed by atoms with Gasteiger partial charge in [-0.2, -0.15) is 5.10 Å². The van der Waals surface area contributed by atoms with Crippen molar-refractivity contribution in [1.29, 1.82) is 0 Å². The predicted octanol–water partition coefficient (Wildman–Crippen LogP) is 2.98. The van der Waals surface area contributed by atoms with E-state index >= 15 is 0 Å². The van der Waals surface area contributed by atoms with E-state index in [4.69, 9.17) is 4.74 Å². The fourth-order valence-corrected chi connectivity index (χ4v) is 3.76. The third-order valence-electron chi connectivity index (χ3n) is 4.03. The van der Waals surface area contributed by atoms with Gasteiger partial charge in [0.25, 0.3) is 5.91 Å². The summed E-state index contributed by atoms with van der Waals surface area (Å²) in [5.74, 6) is -0.580. The standard InChI is InChI=1S/C18H19N3O3S/c1-11-13-9-15(25-18(13)21(2)20-11)17(23)19-14(10-16(22)24-3)12-7-5-4-6-8-12/h4-9,14H,10H2,1-3H3,(H,19,23)/t14-/m1/s1. The molecule has 0 aliphatic heterocycles. The molecule has 3 aromatic rings. The van der Waals surface area contributed by atoms with Crippen LogP contribution in [0.25, 0.3) is 10.2 Å². The van der Waals surface area contributed by atoms with E-state index in [-0.39, 0.29) is 18.3 Å². The monoisotopic (exact) mass is 357 g/mol. The van der Waals surface area contributed by atoms with Crippen molar-refractivity contribution in [2.24, 2.45) is 7.05 Å². The molecule has 1 N–H and O–H groups in total. The molecule has 1 aromatic carbocycles. The van der Waals surface area contributed by atoms with E-state index in [0.717, 1.165) is 21.5 Å². The van der Waals surface area contributed by atoms with Crippen molar-refractivity contribution in [1.82, 2.24) is 15.1 Å². The number of aromatic nitrogens is 2. The third-order valence-corrected chi connectivity index (χ3v) is 5.23. The molecular weight excluding hydrogens is 338 g/mol. The van der Waals surface area contributed by atoms with Crippen LogP contribution in [-0.2, 0) is 16.6 Å². The molecule has 2 heterocycles. The molecule has 0 unspecified atom stereocenters. The van der Waals surface area contributed by atoms with Gasteiger partial charge in [0.05, 0.1) is 30.1 Å². The van der Waals surface area contributed by atoms with Crippen LogP contribution in [0.4, 0.5) is 0 Å². The fraction of sp³-hybridized carbons (Fsp3) is 0.278. The largest absolute Gasteiger partial charge is 0.469 e. The number of thiophene rings is 1. The lowest BCUT2D eigenvalue weighted by atomic mass is 10.0. The molecule has 0 bridgehead atoms. The van der Waals surface area contributed by atoms with Gasteiger partial charge >= 0.3 is 5.97 Å². The highest BCUT2D eigenvalue weighted by atomic mass is 32.1. The Hall–Kier alpha value is -2.67. The molecule has 0 spiro atoms. The summed E-state index contributed by atoms with van der Waals surface area (Å²) in [5, 5.41) is 8.26. The first-order valence-electron chi connectivity index (χ1n) is 7.85. The number of benzene rings is 1. The Morgan fingerprint density at radius 3 is 2.68 bits per heavy atom. The maximum atomic E-state index is 12.7. The molecule has 7 heteroatoms. The van der Waals surface area contributed by atoms with Crippen LogP contribution in [0, 0.1) is 6.92 Å². The molecule has 25 heavy (non-hydrogen) atoms. The number of carbonyl (C=O) groups excluding carboxylic acids is 2. The highest BCUT2D eigenvalue weighted by molar-refractivity contribution is 7.20. The molecule has 0 aliphatic carbocycles. The Morgan fingerprint density at radius 2 is 2.04 bits per heavy atom. The molecular formula is C18H19N3O3S. The maximum Gasteiger partial charge on any atom is 0.307 e. The van der Waals surface area contributed by atoms with E-state index in [1.165, 1.54) is 18.4 Å². The maximum absolute atomic E-state index is 12.7. The number of rotatable bonds is 5. The Labute approximate surface area is 149 Å². The Balaban J connectivity index is 1.85. The van der Waals surface area contributed by atoms with Gasteiger partial charge in [0.15, 0.2) is 0 Å². The lowest BCUT2D eigenvalue weighted by molar-refractivity contribution is -0.141. The molecule has 0 saturated carbocycles. The number of aryl methyl sites for hydroxylation is 2. The van der Waals surface area contributed by atoms with Crippen LogP contribution in [0.5, 0.6) is 0 Å². The third kappa shape index (κ3) is 3.56. The van der Waals surface area contributed by atoms with Crippen molar-refractivity contribution in [3.05, 3.63) is 52.5 Å². The second-order valence-corrected chi connectivity index (χ2v) is 6.79. The summed E-state index contributed by atoms with van der Waals surface area (Å²) in [4.78, 5) is 26.0.